The lowest BCUT2D eigenvalue weighted by atomic mass is 10.1. The first kappa shape index (κ1) is 16.0. The molecule has 1 N–H and O–H groups in total. The second kappa shape index (κ2) is 7.56. The lowest BCUT2D eigenvalue weighted by Gasteiger charge is -2.16. The molecule has 5 nitrogen and oxygen atoms in total. The highest BCUT2D eigenvalue weighted by Gasteiger charge is 2.06. The summed E-state index contributed by atoms with van der Waals surface area (Å²) in [4.78, 5) is 16.6. The van der Waals surface area contributed by atoms with Crippen LogP contribution in [0, 0.1) is 6.92 Å². The molecule has 0 radical (unpaired) electrons. The Morgan fingerprint density at radius 3 is 2.82 bits per heavy atom. The molecule has 0 saturated carbocycles. The van der Waals surface area contributed by atoms with Gasteiger partial charge < -0.3 is 14.7 Å². The molecule has 2 rings (SSSR count). The molecule has 1 aromatic heterocycles. The quantitative estimate of drug-likeness (QED) is 0.851. The maximum atomic E-state index is 10.6. The van der Waals surface area contributed by atoms with Gasteiger partial charge in [-0.05, 0) is 43.3 Å². The third-order valence-electron chi connectivity index (χ3n) is 3.26. The van der Waals surface area contributed by atoms with E-state index in [0.717, 1.165) is 16.9 Å². The fourth-order valence-electron chi connectivity index (χ4n) is 2.14. The van der Waals surface area contributed by atoms with E-state index in [1.807, 2.05) is 43.1 Å². The average molecular weight is 300 g/mol. The van der Waals surface area contributed by atoms with Crippen LogP contribution in [0.5, 0.6) is 11.5 Å². The van der Waals surface area contributed by atoms with Crippen molar-refractivity contribution in [3.8, 4) is 11.5 Å². The standard InChI is InChI=1S/C17H20N2O3/c1-13-10-14(12-19(2)9-7-17(20)21)5-6-16(13)22-15-4-3-8-18-11-15/h3-6,8,10-11H,7,9,12H2,1-2H3,(H,20,21). The highest BCUT2D eigenvalue weighted by molar-refractivity contribution is 5.66. The van der Waals surface area contributed by atoms with Crippen LogP contribution < -0.4 is 4.74 Å². The minimum Gasteiger partial charge on any atom is -0.481 e. The van der Waals surface area contributed by atoms with Crippen molar-refractivity contribution in [1.82, 2.24) is 9.88 Å². The second-order valence-electron chi connectivity index (χ2n) is 5.27. The van der Waals surface area contributed by atoms with Crippen LogP contribution >= 0.6 is 0 Å². The van der Waals surface area contributed by atoms with Crippen LogP contribution in [0.4, 0.5) is 0 Å². The van der Waals surface area contributed by atoms with Crippen molar-refractivity contribution >= 4 is 5.97 Å². The number of carbonyl (C=O) groups is 1. The Balaban J connectivity index is 1.98. The molecule has 0 bridgehead atoms. The van der Waals surface area contributed by atoms with Crippen molar-refractivity contribution in [2.24, 2.45) is 0 Å². The molecular formula is C17H20N2O3. The highest BCUT2D eigenvalue weighted by Crippen LogP contribution is 2.25. The number of aliphatic carboxylic acids is 1. The number of carboxylic acid groups (broad SMARTS) is 1. The molecule has 0 aliphatic heterocycles. The molecule has 0 aliphatic carbocycles. The Labute approximate surface area is 130 Å². The van der Waals surface area contributed by atoms with Crippen LogP contribution in [0.25, 0.3) is 0 Å². The number of ether oxygens (including phenoxy) is 1. The van der Waals surface area contributed by atoms with Crippen molar-refractivity contribution in [3.05, 3.63) is 53.9 Å². The number of nitrogens with zero attached hydrogens (tertiary/aromatic N) is 2. The molecular weight excluding hydrogens is 280 g/mol. The fraction of sp³-hybridized carbons (Fsp3) is 0.294. The van der Waals surface area contributed by atoms with Crippen molar-refractivity contribution in [3.63, 3.8) is 0 Å². The SMILES string of the molecule is Cc1cc(CN(C)CCC(=O)O)ccc1Oc1cccnc1. The van der Waals surface area contributed by atoms with Crippen molar-refractivity contribution in [1.29, 1.82) is 0 Å². The molecule has 0 amide bonds. The molecule has 0 fully saturated rings. The topological polar surface area (TPSA) is 62.7 Å². The predicted octanol–water partition coefficient (Wildman–Crippen LogP) is 3.09. The van der Waals surface area contributed by atoms with Gasteiger partial charge >= 0.3 is 5.97 Å². The van der Waals surface area contributed by atoms with Gasteiger partial charge in [0.25, 0.3) is 0 Å². The van der Waals surface area contributed by atoms with Gasteiger partial charge in [0.1, 0.15) is 11.5 Å². The number of aryl methyl sites for hydroxylation is 1. The fourth-order valence-corrected chi connectivity index (χ4v) is 2.14. The highest BCUT2D eigenvalue weighted by atomic mass is 16.5. The molecule has 22 heavy (non-hydrogen) atoms. The molecule has 0 aliphatic rings. The number of pyridine rings is 1. The Morgan fingerprint density at radius 1 is 1.36 bits per heavy atom. The Kier molecular flexibility index (Phi) is 5.49. The summed E-state index contributed by atoms with van der Waals surface area (Å²) >= 11 is 0. The van der Waals surface area contributed by atoms with Gasteiger partial charge in [0.05, 0.1) is 12.6 Å². The monoisotopic (exact) mass is 300 g/mol. The van der Waals surface area contributed by atoms with E-state index in [2.05, 4.69) is 11.1 Å². The van der Waals surface area contributed by atoms with Crippen LogP contribution in [0.15, 0.2) is 42.7 Å². The summed E-state index contributed by atoms with van der Waals surface area (Å²) in [6.45, 7) is 3.23. The zero-order valence-corrected chi connectivity index (χ0v) is 12.8. The molecule has 0 atom stereocenters. The lowest BCUT2D eigenvalue weighted by Crippen LogP contribution is -2.21. The van der Waals surface area contributed by atoms with E-state index in [0.29, 0.717) is 18.8 Å². The van der Waals surface area contributed by atoms with Gasteiger partial charge in [0.15, 0.2) is 0 Å². The minimum absolute atomic E-state index is 0.150. The average Bonchev–Trinajstić information content (AvgIpc) is 2.49. The van der Waals surface area contributed by atoms with Gasteiger partial charge in [0.2, 0.25) is 0 Å². The number of carboxylic acids is 1. The Morgan fingerprint density at radius 2 is 2.18 bits per heavy atom. The lowest BCUT2D eigenvalue weighted by molar-refractivity contribution is -0.137. The van der Waals surface area contributed by atoms with E-state index in [9.17, 15) is 4.79 Å². The predicted molar refractivity (Wildman–Crippen MR) is 84.1 cm³/mol. The van der Waals surface area contributed by atoms with Crippen LogP contribution in [-0.2, 0) is 11.3 Å². The number of aromatic nitrogens is 1. The van der Waals surface area contributed by atoms with Gasteiger partial charge in [-0.3, -0.25) is 9.78 Å². The van der Waals surface area contributed by atoms with Gasteiger partial charge in [-0.25, -0.2) is 0 Å². The Hall–Kier alpha value is -2.40. The van der Waals surface area contributed by atoms with E-state index >= 15 is 0 Å². The second-order valence-corrected chi connectivity index (χ2v) is 5.27. The number of hydrogen-bond acceptors (Lipinski definition) is 4. The first-order valence-electron chi connectivity index (χ1n) is 7.12. The molecule has 116 valence electrons. The summed E-state index contributed by atoms with van der Waals surface area (Å²) in [5.41, 5.74) is 2.16. The number of hydrogen-bond donors (Lipinski definition) is 1. The van der Waals surface area contributed by atoms with Gasteiger partial charge in [-0.2, -0.15) is 0 Å². The molecule has 2 aromatic rings. The van der Waals surface area contributed by atoms with Crippen LogP contribution in [0.2, 0.25) is 0 Å². The zero-order chi connectivity index (χ0) is 15.9. The van der Waals surface area contributed by atoms with E-state index in [4.69, 9.17) is 9.84 Å². The first-order valence-corrected chi connectivity index (χ1v) is 7.12. The number of rotatable bonds is 7. The summed E-state index contributed by atoms with van der Waals surface area (Å²) in [5.74, 6) is 0.727. The molecule has 5 heteroatoms. The van der Waals surface area contributed by atoms with E-state index in [-0.39, 0.29) is 6.42 Å². The van der Waals surface area contributed by atoms with Gasteiger partial charge in [-0.15, -0.1) is 0 Å². The van der Waals surface area contributed by atoms with Crippen LogP contribution in [-0.4, -0.2) is 34.6 Å². The normalized spacial score (nSPS) is 10.7. The summed E-state index contributed by atoms with van der Waals surface area (Å²) in [7, 11) is 1.92. The van der Waals surface area contributed by atoms with Crippen molar-refractivity contribution in [2.45, 2.75) is 19.9 Å². The third kappa shape index (κ3) is 4.86. The summed E-state index contributed by atoms with van der Waals surface area (Å²) in [6, 6.07) is 9.68. The largest absolute Gasteiger partial charge is 0.481 e. The summed E-state index contributed by atoms with van der Waals surface area (Å²) < 4.78 is 5.79. The molecule has 0 spiro atoms. The van der Waals surface area contributed by atoms with E-state index in [1.165, 1.54) is 0 Å². The van der Waals surface area contributed by atoms with E-state index < -0.39 is 5.97 Å². The smallest absolute Gasteiger partial charge is 0.304 e. The van der Waals surface area contributed by atoms with Crippen molar-refractivity contribution < 1.29 is 14.6 Å². The maximum Gasteiger partial charge on any atom is 0.304 e. The van der Waals surface area contributed by atoms with Crippen LogP contribution in [0.3, 0.4) is 0 Å². The zero-order valence-electron chi connectivity index (χ0n) is 12.8. The van der Waals surface area contributed by atoms with Gasteiger partial charge in [0, 0.05) is 19.3 Å². The molecule has 0 unspecified atom stereocenters. The molecule has 1 heterocycles. The summed E-state index contributed by atoms with van der Waals surface area (Å²) in [5, 5.41) is 8.70. The maximum absolute atomic E-state index is 10.6. The van der Waals surface area contributed by atoms with Crippen molar-refractivity contribution in [2.75, 3.05) is 13.6 Å². The Bertz CT molecular complexity index is 629. The van der Waals surface area contributed by atoms with Crippen LogP contribution in [0.1, 0.15) is 17.5 Å². The first-order chi connectivity index (χ1) is 10.5. The summed E-state index contributed by atoms with van der Waals surface area (Å²) in [6.07, 6.45) is 3.53. The van der Waals surface area contributed by atoms with E-state index in [1.54, 1.807) is 12.4 Å². The van der Waals surface area contributed by atoms with Gasteiger partial charge in [-0.1, -0.05) is 12.1 Å². The number of benzene rings is 1. The third-order valence-corrected chi connectivity index (χ3v) is 3.26. The minimum atomic E-state index is -0.775. The molecule has 0 saturated heterocycles. The molecule has 1 aromatic carbocycles.